The average Bonchev–Trinajstić information content (AvgIpc) is 2.27. The molecule has 0 saturated heterocycles. The van der Waals surface area contributed by atoms with Crippen LogP contribution in [-0.4, -0.2) is 14.2 Å². The Labute approximate surface area is 95.2 Å². The normalized spacial score (nSPS) is 11.7. The van der Waals surface area contributed by atoms with Gasteiger partial charge >= 0.3 is 0 Å². The summed E-state index contributed by atoms with van der Waals surface area (Å²) in [4.78, 5) is 0. The molecule has 0 aliphatic rings. The third kappa shape index (κ3) is 2.19. The second-order valence-corrected chi connectivity index (χ2v) is 3.47. The Kier molecular flexibility index (Phi) is 3.88. The zero-order valence-electron chi connectivity index (χ0n) is 9.00. The molecule has 0 aliphatic heterocycles. The number of hydrogen-bond acceptors (Lipinski definition) is 2. The summed E-state index contributed by atoms with van der Waals surface area (Å²) in [5, 5.41) is 0.516. The van der Waals surface area contributed by atoms with Crippen LogP contribution in [0.3, 0.4) is 0 Å². The molecule has 0 aliphatic carbocycles. The first-order chi connectivity index (χ1) is 7.15. The van der Waals surface area contributed by atoms with Crippen molar-refractivity contribution in [3.05, 3.63) is 22.7 Å². The van der Waals surface area contributed by atoms with E-state index in [2.05, 4.69) is 5.92 Å². The van der Waals surface area contributed by atoms with Crippen LogP contribution >= 0.6 is 11.6 Å². The molecule has 3 heteroatoms. The number of methoxy groups -OCH3 is 2. The minimum Gasteiger partial charge on any atom is -0.493 e. The summed E-state index contributed by atoms with van der Waals surface area (Å²) in [5.41, 5.74) is 0.872. The highest BCUT2D eigenvalue weighted by Gasteiger charge is 2.15. The predicted octanol–water partition coefficient (Wildman–Crippen LogP) is 3.09. The van der Waals surface area contributed by atoms with Crippen LogP contribution in [0.2, 0.25) is 5.02 Å². The van der Waals surface area contributed by atoms with E-state index in [1.165, 1.54) is 0 Å². The van der Waals surface area contributed by atoms with Gasteiger partial charge in [-0.2, -0.15) is 0 Å². The van der Waals surface area contributed by atoms with Gasteiger partial charge in [-0.25, -0.2) is 0 Å². The second kappa shape index (κ2) is 4.95. The maximum atomic E-state index is 6.17. The van der Waals surface area contributed by atoms with Crippen LogP contribution in [-0.2, 0) is 0 Å². The molecular formula is C12H13ClO2. The molecular weight excluding hydrogens is 212 g/mol. The van der Waals surface area contributed by atoms with Crippen molar-refractivity contribution in [2.45, 2.75) is 12.8 Å². The summed E-state index contributed by atoms with van der Waals surface area (Å²) in [6, 6.07) is 3.65. The fourth-order valence-electron chi connectivity index (χ4n) is 1.33. The molecule has 0 heterocycles. The summed E-state index contributed by atoms with van der Waals surface area (Å²) in [6.07, 6.45) is 5.35. The Morgan fingerprint density at radius 3 is 2.47 bits per heavy atom. The second-order valence-electron chi connectivity index (χ2n) is 3.09. The van der Waals surface area contributed by atoms with Gasteiger partial charge in [-0.15, -0.1) is 6.42 Å². The van der Waals surface area contributed by atoms with Crippen molar-refractivity contribution >= 4 is 11.6 Å². The van der Waals surface area contributed by atoms with Crippen molar-refractivity contribution in [2.75, 3.05) is 14.2 Å². The van der Waals surface area contributed by atoms with Gasteiger partial charge in [0.2, 0.25) is 0 Å². The van der Waals surface area contributed by atoms with E-state index in [1.807, 2.05) is 13.0 Å². The lowest BCUT2D eigenvalue weighted by Gasteiger charge is -2.14. The molecule has 1 aromatic carbocycles. The van der Waals surface area contributed by atoms with E-state index in [-0.39, 0.29) is 5.92 Å². The molecule has 0 aromatic heterocycles. The lowest BCUT2D eigenvalue weighted by Crippen LogP contribution is -1.97. The van der Waals surface area contributed by atoms with Crippen LogP contribution in [0.15, 0.2) is 12.1 Å². The molecule has 1 rings (SSSR count). The van der Waals surface area contributed by atoms with Crippen LogP contribution in [0.5, 0.6) is 11.5 Å². The quantitative estimate of drug-likeness (QED) is 0.735. The molecule has 1 unspecified atom stereocenters. The fourth-order valence-corrected chi connectivity index (χ4v) is 1.73. The van der Waals surface area contributed by atoms with E-state index < -0.39 is 0 Å². The molecule has 1 atom stereocenters. The molecule has 2 nitrogen and oxygen atoms in total. The standard InChI is InChI=1S/C12H13ClO2/c1-5-8(2)9-6-7-10(14-3)12(15-4)11(9)13/h1,6-8H,2-4H3. The number of benzene rings is 1. The minimum atomic E-state index is -0.0442. The highest BCUT2D eigenvalue weighted by molar-refractivity contribution is 6.33. The van der Waals surface area contributed by atoms with Gasteiger partial charge in [0.15, 0.2) is 11.5 Å². The zero-order chi connectivity index (χ0) is 11.4. The molecule has 0 fully saturated rings. The van der Waals surface area contributed by atoms with E-state index in [4.69, 9.17) is 27.5 Å². The number of rotatable bonds is 3. The van der Waals surface area contributed by atoms with Crippen molar-refractivity contribution in [2.24, 2.45) is 0 Å². The van der Waals surface area contributed by atoms with Gasteiger partial charge in [-0.1, -0.05) is 23.6 Å². The summed E-state index contributed by atoms with van der Waals surface area (Å²) < 4.78 is 10.3. The Morgan fingerprint density at radius 2 is 2.00 bits per heavy atom. The molecule has 80 valence electrons. The maximum Gasteiger partial charge on any atom is 0.179 e. The Bertz CT molecular complexity index is 393. The van der Waals surface area contributed by atoms with Crippen LogP contribution in [0.4, 0.5) is 0 Å². The third-order valence-electron chi connectivity index (χ3n) is 2.23. The predicted molar refractivity (Wildman–Crippen MR) is 61.8 cm³/mol. The van der Waals surface area contributed by atoms with Gasteiger partial charge in [0.25, 0.3) is 0 Å². The Morgan fingerprint density at radius 1 is 1.33 bits per heavy atom. The number of hydrogen-bond donors (Lipinski definition) is 0. The molecule has 0 spiro atoms. The molecule has 0 radical (unpaired) electrons. The first kappa shape index (κ1) is 11.7. The van der Waals surface area contributed by atoms with Crippen molar-refractivity contribution < 1.29 is 9.47 Å². The van der Waals surface area contributed by atoms with Crippen molar-refractivity contribution in [1.82, 2.24) is 0 Å². The van der Waals surface area contributed by atoms with Gasteiger partial charge in [0.1, 0.15) is 0 Å². The number of halogens is 1. The summed E-state index contributed by atoms with van der Waals surface area (Å²) in [5.74, 6) is 3.72. The molecule has 1 aromatic rings. The molecule has 0 amide bonds. The van der Waals surface area contributed by atoms with Crippen molar-refractivity contribution in [3.8, 4) is 23.8 Å². The summed E-state index contributed by atoms with van der Waals surface area (Å²) >= 11 is 6.17. The summed E-state index contributed by atoms with van der Waals surface area (Å²) in [6.45, 7) is 1.91. The van der Waals surface area contributed by atoms with Crippen molar-refractivity contribution in [1.29, 1.82) is 0 Å². The van der Waals surface area contributed by atoms with E-state index in [0.717, 1.165) is 5.56 Å². The lowest BCUT2D eigenvalue weighted by atomic mass is 10.0. The first-order valence-corrected chi connectivity index (χ1v) is 4.90. The van der Waals surface area contributed by atoms with Gasteiger partial charge < -0.3 is 9.47 Å². The van der Waals surface area contributed by atoms with E-state index in [9.17, 15) is 0 Å². The molecule has 0 N–H and O–H groups in total. The number of ether oxygens (including phenoxy) is 2. The molecule has 0 bridgehead atoms. The minimum absolute atomic E-state index is 0.0442. The highest BCUT2D eigenvalue weighted by atomic mass is 35.5. The van der Waals surface area contributed by atoms with Gasteiger partial charge in [-0.3, -0.25) is 0 Å². The van der Waals surface area contributed by atoms with Gasteiger partial charge in [0.05, 0.1) is 19.2 Å². The number of terminal acetylenes is 1. The largest absolute Gasteiger partial charge is 0.493 e. The Balaban J connectivity index is 3.30. The van der Waals surface area contributed by atoms with Gasteiger partial charge in [0, 0.05) is 5.92 Å². The van der Waals surface area contributed by atoms with Gasteiger partial charge in [-0.05, 0) is 18.6 Å². The SMILES string of the molecule is C#CC(C)c1ccc(OC)c(OC)c1Cl. The zero-order valence-corrected chi connectivity index (χ0v) is 9.76. The smallest absolute Gasteiger partial charge is 0.179 e. The maximum absolute atomic E-state index is 6.17. The lowest BCUT2D eigenvalue weighted by molar-refractivity contribution is 0.354. The van der Waals surface area contributed by atoms with E-state index >= 15 is 0 Å². The topological polar surface area (TPSA) is 18.5 Å². The van der Waals surface area contributed by atoms with Crippen LogP contribution in [0.1, 0.15) is 18.4 Å². The molecule has 15 heavy (non-hydrogen) atoms. The van der Waals surface area contributed by atoms with Crippen LogP contribution in [0.25, 0.3) is 0 Å². The van der Waals surface area contributed by atoms with Crippen LogP contribution < -0.4 is 9.47 Å². The molecule has 0 saturated carbocycles. The van der Waals surface area contributed by atoms with E-state index in [0.29, 0.717) is 16.5 Å². The van der Waals surface area contributed by atoms with E-state index in [1.54, 1.807) is 20.3 Å². The highest BCUT2D eigenvalue weighted by Crippen LogP contribution is 2.39. The fraction of sp³-hybridized carbons (Fsp3) is 0.333. The third-order valence-corrected chi connectivity index (χ3v) is 2.62. The van der Waals surface area contributed by atoms with Crippen molar-refractivity contribution in [3.63, 3.8) is 0 Å². The van der Waals surface area contributed by atoms with Crippen LogP contribution in [0, 0.1) is 12.3 Å². The first-order valence-electron chi connectivity index (χ1n) is 4.52. The monoisotopic (exact) mass is 224 g/mol. The summed E-state index contributed by atoms with van der Waals surface area (Å²) in [7, 11) is 3.12. The Hall–Kier alpha value is -1.33. The average molecular weight is 225 g/mol.